The van der Waals surface area contributed by atoms with Crippen LogP contribution in [0, 0.1) is 0 Å². The molecular formula is C13H16ClNO2. The lowest BCUT2D eigenvalue weighted by molar-refractivity contribution is -0.117. The molecule has 1 aromatic rings. The Labute approximate surface area is 106 Å². The van der Waals surface area contributed by atoms with E-state index in [1.807, 2.05) is 38.1 Å². The maximum atomic E-state index is 11.7. The van der Waals surface area contributed by atoms with E-state index < -0.39 is 0 Å². The van der Waals surface area contributed by atoms with Crippen molar-refractivity contribution in [1.82, 2.24) is 0 Å². The lowest BCUT2D eigenvalue weighted by Crippen LogP contribution is -2.34. The number of carbonyl (C=O) groups excluding carboxylic acids is 2. The summed E-state index contributed by atoms with van der Waals surface area (Å²) in [6, 6.07) is 7.56. The Morgan fingerprint density at radius 3 is 2.59 bits per heavy atom. The fourth-order valence-electron chi connectivity index (χ4n) is 1.70. The molecule has 0 atom stereocenters. The van der Waals surface area contributed by atoms with Gasteiger partial charge >= 0.3 is 0 Å². The highest BCUT2D eigenvalue weighted by Gasteiger charge is 2.18. The Hall–Kier alpha value is -1.35. The zero-order valence-corrected chi connectivity index (χ0v) is 10.8. The smallest absolute Gasteiger partial charge is 0.242 e. The van der Waals surface area contributed by atoms with E-state index in [0.717, 1.165) is 11.3 Å². The predicted octanol–water partition coefficient (Wildman–Crippen LogP) is 2.58. The second-order valence-electron chi connectivity index (χ2n) is 4.02. The predicted molar refractivity (Wildman–Crippen MR) is 69.7 cm³/mol. The number of rotatable bonds is 5. The van der Waals surface area contributed by atoms with Crippen molar-refractivity contribution in [2.24, 2.45) is 0 Å². The quantitative estimate of drug-likeness (QED) is 0.598. The van der Waals surface area contributed by atoms with Gasteiger partial charge in [0.15, 0.2) is 0 Å². The molecule has 4 heteroatoms. The van der Waals surface area contributed by atoms with Crippen molar-refractivity contribution in [3.8, 4) is 0 Å². The number of nitrogens with zero attached hydrogens (tertiary/aromatic N) is 1. The minimum Gasteiger partial charge on any atom is -0.304 e. The van der Waals surface area contributed by atoms with Crippen molar-refractivity contribution < 1.29 is 9.59 Å². The third-order valence-electron chi connectivity index (χ3n) is 2.52. The van der Waals surface area contributed by atoms with Crippen molar-refractivity contribution in [2.75, 3.05) is 17.3 Å². The van der Waals surface area contributed by atoms with Crippen molar-refractivity contribution in [3.05, 3.63) is 29.8 Å². The maximum absolute atomic E-state index is 11.7. The molecule has 0 bridgehead atoms. The van der Waals surface area contributed by atoms with E-state index in [9.17, 15) is 9.59 Å². The summed E-state index contributed by atoms with van der Waals surface area (Å²) in [5, 5.41) is 0. The van der Waals surface area contributed by atoms with Crippen LogP contribution in [0.1, 0.15) is 25.3 Å². The molecule has 0 aromatic heterocycles. The summed E-state index contributed by atoms with van der Waals surface area (Å²) in [7, 11) is 0. The van der Waals surface area contributed by atoms with Gasteiger partial charge in [-0.25, -0.2) is 0 Å². The van der Waals surface area contributed by atoms with Crippen molar-refractivity contribution in [1.29, 1.82) is 0 Å². The van der Waals surface area contributed by atoms with Gasteiger partial charge in [0.2, 0.25) is 5.91 Å². The number of aldehydes is 1. The van der Waals surface area contributed by atoms with Crippen LogP contribution in [0.3, 0.4) is 0 Å². The Morgan fingerprint density at radius 2 is 2.06 bits per heavy atom. The number of hydrogen-bond donors (Lipinski definition) is 0. The first-order chi connectivity index (χ1) is 8.11. The van der Waals surface area contributed by atoms with Crippen LogP contribution in [0.25, 0.3) is 0 Å². The molecular weight excluding hydrogens is 238 g/mol. The van der Waals surface area contributed by atoms with Crippen LogP contribution < -0.4 is 4.90 Å². The Balaban J connectivity index is 3.17. The molecule has 0 spiro atoms. The third kappa shape index (κ3) is 3.30. The lowest BCUT2D eigenvalue weighted by Gasteiger charge is -2.23. The highest BCUT2D eigenvalue weighted by atomic mass is 35.5. The maximum Gasteiger partial charge on any atom is 0.242 e. The van der Waals surface area contributed by atoms with Crippen molar-refractivity contribution >= 4 is 29.5 Å². The van der Waals surface area contributed by atoms with Gasteiger partial charge in [-0.1, -0.05) is 32.0 Å². The normalized spacial score (nSPS) is 10.4. The van der Waals surface area contributed by atoms with Gasteiger partial charge in [-0.3, -0.25) is 4.79 Å². The molecule has 0 N–H and O–H groups in total. The van der Waals surface area contributed by atoms with Gasteiger partial charge in [0.05, 0.1) is 6.54 Å². The van der Waals surface area contributed by atoms with Gasteiger partial charge in [0.1, 0.15) is 12.2 Å². The van der Waals surface area contributed by atoms with Crippen LogP contribution in [0.4, 0.5) is 5.69 Å². The first-order valence-electron chi connectivity index (χ1n) is 5.50. The Kier molecular flexibility index (Phi) is 5.16. The molecule has 1 aromatic carbocycles. The summed E-state index contributed by atoms with van der Waals surface area (Å²) in [6.07, 6.45) is 0.710. The zero-order valence-electron chi connectivity index (χ0n) is 10.0. The zero-order chi connectivity index (χ0) is 12.8. The van der Waals surface area contributed by atoms with E-state index in [4.69, 9.17) is 11.6 Å². The number of benzene rings is 1. The number of para-hydroxylation sites is 1. The van der Waals surface area contributed by atoms with Crippen LogP contribution in [-0.4, -0.2) is 24.6 Å². The van der Waals surface area contributed by atoms with E-state index >= 15 is 0 Å². The summed E-state index contributed by atoms with van der Waals surface area (Å²) >= 11 is 5.56. The summed E-state index contributed by atoms with van der Waals surface area (Å²) in [5.41, 5.74) is 1.80. The Bertz CT molecular complexity index is 404. The average molecular weight is 254 g/mol. The molecule has 17 heavy (non-hydrogen) atoms. The highest BCUT2D eigenvalue weighted by Crippen LogP contribution is 2.27. The molecule has 0 saturated heterocycles. The largest absolute Gasteiger partial charge is 0.304 e. The number of carbonyl (C=O) groups is 2. The van der Waals surface area contributed by atoms with E-state index in [2.05, 4.69) is 0 Å². The molecule has 0 aliphatic rings. The first-order valence-corrected chi connectivity index (χ1v) is 6.04. The Morgan fingerprint density at radius 1 is 1.41 bits per heavy atom. The number of alkyl halides is 1. The van der Waals surface area contributed by atoms with Crippen LogP contribution in [0.15, 0.2) is 24.3 Å². The molecule has 0 heterocycles. The molecule has 0 saturated carbocycles. The molecule has 0 unspecified atom stereocenters. The molecule has 1 amide bonds. The summed E-state index contributed by atoms with van der Waals surface area (Å²) in [4.78, 5) is 23.8. The number of anilines is 1. The van der Waals surface area contributed by atoms with Crippen molar-refractivity contribution in [2.45, 2.75) is 19.8 Å². The summed E-state index contributed by atoms with van der Waals surface area (Å²) < 4.78 is 0. The molecule has 92 valence electrons. The highest BCUT2D eigenvalue weighted by molar-refractivity contribution is 6.29. The molecule has 0 radical (unpaired) electrons. The molecule has 0 aliphatic heterocycles. The molecule has 0 aliphatic carbocycles. The van der Waals surface area contributed by atoms with Gasteiger partial charge in [0, 0.05) is 5.69 Å². The van der Waals surface area contributed by atoms with E-state index in [1.165, 1.54) is 4.90 Å². The molecule has 0 fully saturated rings. The summed E-state index contributed by atoms with van der Waals surface area (Å²) in [6.45, 7) is 4.13. The van der Waals surface area contributed by atoms with Gasteiger partial charge in [0.25, 0.3) is 0 Å². The SMILES string of the molecule is CC(C)c1ccccc1N(CC=O)C(=O)CCl. The third-order valence-corrected chi connectivity index (χ3v) is 2.75. The standard InChI is InChI=1S/C13H16ClNO2/c1-10(2)11-5-3-4-6-12(11)15(7-8-16)13(17)9-14/h3-6,8,10H,7,9H2,1-2H3. The van der Waals surface area contributed by atoms with Gasteiger partial charge in [-0.15, -0.1) is 11.6 Å². The first kappa shape index (κ1) is 13.7. The number of halogens is 1. The molecule has 3 nitrogen and oxygen atoms in total. The molecule has 1 rings (SSSR count). The second kappa shape index (κ2) is 6.40. The van der Waals surface area contributed by atoms with E-state index in [-0.39, 0.29) is 24.2 Å². The number of hydrogen-bond acceptors (Lipinski definition) is 2. The van der Waals surface area contributed by atoms with E-state index in [0.29, 0.717) is 6.29 Å². The minimum absolute atomic E-state index is 0.0370. The lowest BCUT2D eigenvalue weighted by atomic mass is 10.0. The van der Waals surface area contributed by atoms with Crippen molar-refractivity contribution in [3.63, 3.8) is 0 Å². The van der Waals surface area contributed by atoms with Crippen LogP contribution in [0.2, 0.25) is 0 Å². The monoisotopic (exact) mass is 253 g/mol. The number of amides is 1. The van der Waals surface area contributed by atoms with Gasteiger partial charge < -0.3 is 9.69 Å². The topological polar surface area (TPSA) is 37.4 Å². The average Bonchev–Trinajstić information content (AvgIpc) is 2.35. The summed E-state index contributed by atoms with van der Waals surface area (Å²) in [5.74, 6) is -0.101. The second-order valence-corrected chi connectivity index (χ2v) is 4.29. The fraction of sp³-hybridized carbons (Fsp3) is 0.385. The van der Waals surface area contributed by atoms with Crippen LogP contribution in [-0.2, 0) is 9.59 Å². The van der Waals surface area contributed by atoms with Gasteiger partial charge in [-0.05, 0) is 17.5 Å². The van der Waals surface area contributed by atoms with E-state index in [1.54, 1.807) is 0 Å². The van der Waals surface area contributed by atoms with Crippen LogP contribution >= 0.6 is 11.6 Å². The van der Waals surface area contributed by atoms with Gasteiger partial charge in [-0.2, -0.15) is 0 Å². The fourth-order valence-corrected chi connectivity index (χ4v) is 1.85. The minimum atomic E-state index is -0.258. The van der Waals surface area contributed by atoms with Crippen LogP contribution in [0.5, 0.6) is 0 Å².